The fourth-order valence-electron chi connectivity index (χ4n) is 16.2. The Morgan fingerprint density at radius 3 is 0.893 bits per heavy atom. The molecule has 112 heavy (non-hydrogen) atoms. The summed E-state index contributed by atoms with van der Waals surface area (Å²) in [5.74, 6) is -0.280. The standard InChI is InChI=1S/C93H175NO18/c1-3-5-7-9-11-13-15-17-19-21-23-25-27-29-31-33-34-35-36-37-38-39-40-41-42-43-45-47-49-51-53-55-57-59-61-63-65-67-69-71-81(99)94-76(77(98)70-68-66-64-62-60-58-56-54-52-50-48-46-44-32-30-28-26-24-22-20-18-16-14-12-10-8-6-4-2)75-107-91-87(105)84(102)89(79(73-96)109-91)112-93-88(106)85(103)90(80(74-97)110-93)111-92-86(104)83(101)82(100)78(72-95)108-92/h52,54,60,62,68,70,76-80,82-93,95-98,100-106H,3-51,53,55-59,61,63-67,69,71-75H2,1-2H3,(H,94,99)/b54-52+,62-60+,70-68+. The number of aliphatic hydroxyl groups is 11. The predicted molar refractivity (Wildman–Crippen MR) is 453 cm³/mol. The summed E-state index contributed by atoms with van der Waals surface area (Å²) in [5, 5.41) is 121. The molecule has 19 heteroatoms. The number of ether oxygens (including phenoxy) is 6. The van der Waals surface area contributed by atoms with E-state index in [9.17, 15) is 61.0 Å². The predicted octanol–water partition coefficient (Wildman–Crippen LogP) is 18.6. The van der Waals surface area contributed by atoms with Gasteiger partial charge in [-0.05, 0) is 44.9 Å². The number of amides is 1. The Hall–Kier alpha value is -1.99. The zero-order valence-electron chi connectivity index (χ0n) is 71.4. The van der Waals surface area contributed by atoms with Crippen molar-refractivity contribution >= 4 is 5.91 Å². The lowest BCUT2D eigenvalue weighted by Crippen LogP contribution is -2.66. The lowest BCUT2D eigenvalue weighted by Gasteiger charge is -2.48. The van der Waals surface area contributed by atoms with Gasteiger partial charge in [-0.1, -0.05) is 403 Å². The van der Waals surface area contributed by atoms with E-state index in [0.29, 0.717) is 12.8 Å². The molecule has 3 rings (SSSR count). The first-order chi connectivity index (χ1) is 54.8. The fraction of sp³-hybridized carbons (Fsp3) is 0.925. The smallest absolute Gasteiger partial charge is 0.220 e. The summed E-state index contributed by atoms with van der Waals surface area (Å²) >= 11 is 0. The highest BCUT2D eigenvalue weighted by molar-refractivity contribution is 5.76. The Bertz CT molecular complexity index is 2160. The Balaban J connectivity index is 1.31. The van der Waals surface area contributed by atoms with Gasteiger partial charge < -0.3 is 89.9 Å². The van der Waals surface area contributed by atoms with Crippen LogP contribution in [-0.2, 0) is 33.2 Å². The number of carbonyl (C=O) groups is 1. The van der Waals surface area contributed by atoms with Crippen molar-refractivity contribution in [2.45, 2.75) is 523 Å². The molecule has 3 aliphatic rings. The van der Waals surface area contributed by atoms with Crippen LogP contribution in [0.4, 0.5) is 0 Å². The number of carbonyl (C=O) groups excluding carboxylic acids is 1. The van der Waals surface area contributed by atoms with Crippen molar-refractivity contribution in [3.05, 3.63) is 36.5 Å². The largest absolute Gasteiger partial charge is 0.394 e. The van der Waals surface area contributed by atoms with E-state index >= 15 is 0 Å². The van der Waals surface area contributed by atoms with E-state index in [4.69, 9.17) is 28.4 Å². The van der Waals surface area contributed by atoms with E-state index in [1.54, 1.807) is 6.08 Å². The average molecular weight is 1600 g/mol. The van der Waals surface area contributed by atoms with Crippen LogP contribution in [0.2, 0.25) is 0 Å². The first-order valence-electron chi connectivity index (χ1n) is 47.2. The Labute approximate surface area is 682 Å². The Morgan fingerprint density at radius 2 is 0.571 bits per heavy atom. The molecule has 660 valence electrons. The lowest BCUT2D eigenvalue weighted by molar-refractivity contribution is -0.379. The van der Waals surface area contributed by atoms with Crippen LogP contribution >= 0.6 is 0 Å². The third kappa shape index (κ3) is 50.8. The molecule has 0 radical (unpaired) electrons. The molecule has 17 unspecified atom stereocenters. The fourth-order valence-corrected chi connectivity index (χ4v) is 16.2. The van der Waals surface area contributed by atoms with Gasteiger partial charge >= 0.3 is 0 Å². The summed E-state index contributed by atoms with van der Waals surface area (Å²) < 4.78 is 34.5. The zero-order chi connectivity index (χ0) is 81.0. The summed E-state index contributed by atoms with van der Waals surface area (Å²) in [4.78, 5) is 13.5. The second-order valence-corrected chi connectivity index (χ2v) is 33.8. The number of rotatable bonds is 78. The molecule has 0 saturated carbocycles. The third-order valence-electron chi connectivity index (χ3n) is 23.7. The topological polar surface area (TPSA) is 307 Å². The third-order valence-corrected chi connectivity index (χ3v) is 23.7. The average Bonchev–Trinajstić information content (AvgIpc) is 0.782. The van der Waals surface area contributed by atoms with Crippen LogP contribution < -0.4 is 5.32 Å². The molecule has 0 aliphatic carbocycles. The van der Waals surface area contributed by atoms with Crippen LogP contribution in [-0.4, -0.2) is 193 Å². The molecule has 3 saturated heterocycles. The van der Waals surface area contributed by atoms with Crippen molar-refractivity contribution in [2.75, 3.05) is 26.4 Å². The number of allylic oxidation sites excluding steroid dienone is 5. The molecule has 0 aromatic carbocycles. The van der Waals surface area contributed by atoms with E-state index < -0.39 is 124 Å². The van der Waals surface area contributed by atoms with Crippen LogP contribution in [0.3, 0.4) is 0 Å². The van der Waals surface area contributed by atoms with Gasteiger partial charge in [-0.2, -0.15) is 0 Å². The molecular formula is C93H175NO18. The summed E-state index contributed by atoms with van der Waals surface area (Å²) in [6.45, 7) is 1.79. The van der Waals surface area contributed by atoms with Gasteiger partial charge in [-0.25, -0.2) is 0 Å². The summed E-state index contributed by atoms with van der Waals surface area (Å²) in [5.41, 5.74) is 0. The maximum absolute atomic E-state index is 13.5. The van der Waals surface area contributed by atoms with Crippen molar-refractivity contribution in [1.82, 2.24) is 5.32 Å². The molecule has 19 nitrogen and oxygen atoms in total. The van der Waals surface area contributed by atoms with Crippen LogP contribution in [0, 0.1) is 0 Å². The molecule has 3 aliphatic heterocycles. The van der Waals surface area contributed by atoms with Gasteiger partial charge in [0, 0.05) is 6.42 Å². The van der Waals surface area contributed by atoms with E-state index in [2.05, 4.69) is 43.5 Å². The number of nitrogens with one attached hydrogen (secondary N) is 1. The quantitative estimate of drug-likeness (QED) is 0.0199. The molecule has 0 aromatic rings. The number of hydrogen-bond donors (Lipinski definition) is 12. The summed E-state index contributed by atoms with van der Waals surface area (Å²) in [6.07, 6.45) is 67.6. The minimum atomic E-state index is -1.98. The van der Waals surface area contributed by atoms with Gasteiger partial charge in [-0.3, -0.25) is 4.79 Å². The van der Waals surface area contributed by atoms with E-state index in [1.807, 2.05) is 6.08 Å². The molecule has 17 atom stereocenters. The van der Waals surface area contributed by atoms with Crippen molar-refractivity contribution < 1.29 is 89.4 Å². The van der Waals surface area contributed by atoms with Gasteiger partial charge in [0.1, 0.15) is 73.2 Å². The first-order valence-corrected chi connectivity index (χ1v) is 47.2. The van der Waals surface area contributed by atoms with Crippen LogP contribution in [0.15, 0.2) is 36.5 Å². The monoisotopic (exact) mass is 1590 g/mol. The van der Waals surface area contributed by atoms with Crippen LogP contribution in [0.1, 0.15) is 418 Å². The Kier molecular flexibility index (Phi) is 67.9. The van der Waals surface area contributed by atoms with E-state index in [1.165, 1.54) is 340 Å². The van der Waals surface area contributed by atoms with Gasteiger partial charge in [0.2, 0.25) is 5.91 Å². The van der Waals surface area contributed by atoms with Crippen molar-refractivity contribution in [1.29, 1.82) is 0 Å². The van der Waals surface area contributed by atoms with Crippen molar-refractivity contribution in [3.8, 4) is 0 Å². The SMILES string of the molecule is CCCCCCCCCCCCCCCCCCCC/C=C/CC/C=C/CC/C=C/C(O)C(COC1OC(CO)C(OC2OC(CO)C(OC3OC(CO)C(O)C(O)C3O)C(O)C2O)C(O)C1O)NC(=O)CCCCCCCCCCCCCCCCCCCCCCCCCCCCCCCCCCCCCCCCC. The summed E-state index contributed by atoms with van der Waals surface area (Å²) in [6, 6.07) is -0.997. The maximum atomic E-state index is 13.5. The minimum Gasteiger partial charge on any atom is -0.394 e. The molecule has 3 heterocycles. The number of unbranched alkanes of at least 4 members (excludes halogenated alkanes) is 58. The first kappa shape index (κ1) is 104. The number of hydrogen-bond acceptors (Lipinski definition) is 18. The van der Waals surface area contributed by atoms with E-state index in [-0.39, 0.29) is 18.9 Å². The lowest BCUT2D eigenvalue weighted by atomic mass is 9.96. The highest BCUT2D eigenvalue weighted by Crippen LogP contribution is 2.34. The molecular weight excluding hydrogens is 1420 g/mol. The second-order valence-electron chi connectivity index (χ2n) is 33.8. The van der Waals surface area contributed by atoms with Crippen LogP contribution in [0.25, 0.3) is 0 Å². The van der Waals surface area contributed by atoms with Crippen molar-refractivity contribution in [3.63, 3.8) is 0 Å². The highest BCUT2D eigenvalue weighted by Gasteiger charge is 2.54. The molecule has 0 bridgehead atoms. The van der Waals surface area contributed by atoms with Gasteiger partial charge in [0.15, 0.2) is 18.9 Å². The van der Waals surface area contributed by atoms with Gasteiger partial charge in [0.05, 0.1) is 38.6 Å². The Morgan fingerprint density at radius 1 is 0.312 bits per heavy atom. The van der Waals surface area contributed by atoms with E-state index in [0.717, 1.165) is 44.9 Å². The van der Waals surface area contributed by atoms with Crippen LogP contribution in [0.5, 0.6) is 0 Å². The molecule has 12 N–H and O–H groups in total. The maximum Gasteiger partial charge on any atom is 0.220 e. The second kappa shape index (κ2) is 73.0. The molecule has 1 amide bonds. The zero-order valence-corrected chi connectivity index (χ0v) is 71.4. The van der Waals surface area contributed by atoms with Gasteiger partial charge in [-0.15, -0.1) is 0 Å². The highest BCUT2D eigenvalue weighted by atomic mass is 16.8. The normalized spacial score (nSPS) is 25.0. The molecule has 3 fully saturated rings. The van der Waals surface area contributed by atoms with Gasteiger partial charge in [0.25, 0.3) is 0 Å². The number of aliphatic hydroxyl groups excluding tert-OH is 11. The molecule has 0 spiro atoms. The molecule has 0 aromatic heterocycles. The summed E-state index contributed by atoms with van der Waals surface area (Å²) in [7, 11) is 0. The minimum absolute atomic E-state index is 0.237. The van der Waals surface area contributed by atoms with Crippen molar-refractivity contribution in [2.24, 2.45) is 0 Å².